The highest BCUT2D eigenvalue weighted by Gasteiger charge is 2.24. The summed E-state index contributed by atoms with van der Waals surface area (Å²) in [5.41, 5.74) is 3.35. The zero-order valence-corrected chi connectivity index (χ0v) is 14.1. The van der Waals surface area contributed by atoms with Crippen LogP contribution in [0.5, 0.6) is 0 Å². The summed E-state index contributed by atoms with van der Waals surface area (Å²) in [6, 6.07) is 5.78. The van der Waals surface area contributed by atoms with Gasteiger partial charge in [-0.25, -0.2) is 0 Å². The molecule has 1 saturated heterocycles. The summed E-state index contributed by atoms with van der Waals surface area (Å²) < 4.78 is 0. The quantitative estimate of drug-likeness (QED) is 0.850. The van der Waals surface area contributed by atoms with Crippen molar-refractivity contribution in [1.29, 1.82) is 0 Å². The third kappa shape index (κ3) is 3.27. The molecule has 2 aromatic heterocycles. The fraction of sp³-hybridized carbons (Fsp3) is 0.353. The van der Waals surface area contributed by atoms with Gasteiger partial charge in [-0.05, 0) is 30.5 Å². The van der Waals surface area contributed by atoms with Gasteiger partial charge >= 0.3 is 0 Å². The number of piperazine rings is 1. The molecule has 3 heterocycles. The van der Waals surface area contributed by atoms with Crippen LogP contribution in [-0.2, 0) is 4.79 Å². The number of amides is 2. The Morgan fingerprint density at radius 2 is 1.78 bits per heavy atom. The summed E-state index contributed by atoms with van der Waals surface area (Å²) in [5, 5.41) is 4.06. The van der Waals surface area contributed by atoms with E-state index in [9.17, 15) is 9.59 Å². The number of aromatic nitrogens is 1. The van der Waals surface area contributed by atoms with Crippen LogP contribution in [0, 0.1) is 6.92 Å². The van der Waals surface area contributed by atoms with E-state index in [2.05, 4.69) is 4.98 Å². The lowest BCUT2D eigenvalue weighted by molar-refractivity contribution is -0.130. The molecule has 0 N–H and O–H groups in total. The normalized spacial score (nSPS) is 14.9. The number of carbonyl (C=O) groups is 2. The number of thiophene rings is 1. The molecule has 0 saturated carbocycles. The van der Waals surface area contributed by atoms with E-state index in [1.54, 1.807) is 28.1 Å². The smallest absolute Gasteiger partial charge is 0.255 e. The predicted molar refractivity (Wildman–Crippen MR) is 90.4 cm³/mol. The number of carbonyl (C=O) groups excluding carboxylic acids is 2. The average molecular weight is 329 g/mol. The minimum atomic E-state index is -0.00456. The maximum atomic E-state index is 12.7. The summed E-state index contributed by atoms with van der Waals surface area (Å²) in [7, 11) is 0. The fourth-order valence-electron chi connectivity index (χ4n) is 2.75. The number of rotatable bonds is 2. The van der Waals surface area contributed by atoms with Gasteiger partial charge in [0.05, 0.1) is 17.0 Å². The summed E-state index contributed by atoms with van der Waals surface area (Å²) in [4.78, 5) is 32.2. The first-order valence-electron chi connectivity index (χ1n) is 7.61. The van der Waals surface area contributed by atoms with Crippen molar-refractivity contribution in [3.05, 3.63) is 40.2 Å². The number of aryl methyl sites for hydroxylation is 1. The molecule has 0 spiro atoms. The topological polar surface area (TPSA) is 53.5 Å². The molecule has 0 bridgehead atoms. The van der Waals surface area contributed by atoms with Crippen molar-refractivity contribution in [1.82, 2.24) is 14.8 Å². The molecule has 1 aliphatic heterocycles. The molecule has 5 nitrogen and oxygen atoms in total. The zero-order chi connectivity index (χ0) is 16.4. The molecular formula is C17H19N3O2S. The highest BCUT2D eigenvalue weighted by Crippen LogP contribution is 2.22. The number of hydrogen-bond donors (Lipinski definition) is 0. The van der Waals surface area contributed by atoms with E-state index >= 15 is 0 Å². The van der Waals surface area contributed by atoms with Crippen molar-refractivity contribution >= 4 is 23.2 Å². The van der Waals surface area contributed by atoms with E-state index in [0.29, 0.717) is 31.7 Å². The van der Waals surface area contributed by atoms with Crippen molar-refractivity contribution < 1.29 is 9.59 Å². The first kappa shape index (κ1) is 15.7. The third-order valence-electron chi connectivity index (χ3n) is 4.15. The minimum Gasteiger partial charge on any atom is -0.339 e. The second kappa shape index (κ2) is 6.50. The van der Waals surface area contributed by atoms with E-state index in [1.165, 1.54) is 0 Å². The Bertz CT molecular complexity index is 719. The molecule has 23 heavy (non-hydrogen) atoms. The second-order valence-corrected chi connectivity index (χ2v) is 6.42. The van der Waals surface area contributed by atoms with Gasteiger partial charge in [-0.1, -0.05) is 0 Å². The molecule has 2 amide bonds. The van der Waals surface area contributed by atoms with E-state index in [0.717, 1.165) is 17.0 Å². The van der Waals surface area contributed by atoms with Crippen LogP contribution >= 0.6 is 11.3 Å². The van der Waals surface area contributed by atoms with Gasteiger partial charge in [0.25, 0.3) is 5.91 Å². The van der Waals surface area contributed by atoms with E-state index in [-0.39, 0.29) is 11.8 Å². The minimum absolute atomic E-state index is 0.00456. The Balaban J connectivity index is 1.74. The Hall–Kier alpha value is -2.21. The van der Waals surface area contributed by atoms with Crippen molar-refractivity contribution in [2.24, 2.45) is 0 Å². The van der Waals surface area contributed by atoms with Crippen molar-refractivity contribution in [2.45, 2.75) is 13.8 Å². The molecule has 2 aromatic rings. The first-order chi connectivity index (χ1) is 11.1. The highest BCUT2D eigenvalue weighted by atomic mass is 32.1. The summed E-state index contributed by atoms with van der Waals surface area (Å²) in [5.74, 6) is 0.0603. The molecule has 3 rings (SSSR count). The van der Waals surface area contributed by atoms with Gasteiger partial charge in [0.1, 0.15) is 0 Å². The maximum Gasteiger partial charge on any atom is 0.255 e. The Labute approximate surface area is 139 Å². The number of pyridine rings is 1. The van der Waals surface area contributed by atoms with Gasteiger partial charge in [-0.15, -0.1) is 0 Å². The predicted octanol–water partition coefficient (Wildman–Crippen LogP) is 2.42. The molecule has 0 aliphatic carbocycles. The van der Waals surface area contributed by atoms with Gasteiger partial charge in [0, 0.05) is 44.0 Å². The summed E-state index contributed by atoms with van der Waals surface area (Å²) in [6.07, 6.45) is 0. The number of hydrogen-bond acceptors (Lipinski definition) is 4. The van der Waals surface area contributed by atoms with E-state index in [4.69, 9.17) is 0 Å². The largest absolute Gasteiger partial charge is 0.339 e. The molecule has 0 unspecified atom stereocenters. The fourth-order valence-corrected chi connectivity index (χ4v) is 3.40. The van der Waals surface area contributed by atoms with Crippen LogP contribution in [0.15, 0.2) is 29.0 Å². The standard InChI is InChI=1S/C17H19N3O2S/c1-12-15(3-4-16(18-12)14-5-10-23-11-14)17(22)20-8-6-19(7-9-20)13(2)21/h3-5,10-11H,6-9H2,1-2H3. The van der Waals surface area contributed by atoms with Crippen molar-refractivity contribution in [3.63, 3.8) is 0 Å². The van der Waals surface area contributed by atoms with Gasteiger partial charge in [-0.2, -0.15) is 11.3 Å². The van der Waals surface area contributed by atoms with Crippen LogP contribution in [0.1, 0.15) is 23.0 Å². The van der Waals surface area contributed by atoms with Gasteiger partial charge in [-0.3, -0.25) is 14.6 Å². The van der Waals surface area contributed by atoms with E-state index < -0.39 is 0 Å². The van der Waals surface area contributed by atoms with Gasteiger partial charge < -0.3 is 9.80 Å². The summed E-state index contributed by atoms with van der Waals surface area (Å²) in [6.45, 7) is 5.78. The Kier molecular flexibility index (Phi) is 4.43. The van der Waals surface area contributed by atoms with Crippen LogP contribution in [0.25, 0.3) is 11.3 Å². The lowest BCUT2D eigenvalue weighted by Crippen LogP contribution is -2.50. The Morgan fingerprint density at radius 3 is 2.35 bits per heavy atom. The molecule has 0 atom stereocenters. The lowest BCUT2D eigenvalue weighted by Gasteiger charge is -2.34. The van der Waals surface area contributed by atoms with Crippen molar-refractivity contribution in [3.8, 4) is 11.3 Å². The molecule has 1 aliphatic rings. The summed E-state index contributed by atoms with van der Waals surface area (Å²) >= 11 is 1.63. The molecule has 0 radical (unpaired) electrons. The van der Waals surface area contributed by atoms with Gasteiger partial charge in [0.2, 0.25) is 5.91 Å². The monoisotopic (exact) mass is 329 g/mol. The molecule has 120 valence electrons. The molecule has 0 aromatic carbocycles. The Morgan fingerprint density at radius 1 is 1.09 bits per heavy atom. The van der Waals surface area contributed by atoms with Crippen molar-refractivity contribution in [2.75, 3.05) is 26.2 Å². The van der Waals surface area contributed by atoms with E-state index in [1.807, 2.05) is 35.9 Å². The van der Waals surface area contributed by atoms with Gasteiger partial charge in [0.15, 0.2) is 0 Å². The first-order valence-corrected chi connectivity index (χ1v) is 8.55. The highest BCUT2D eigenvalue weighted by molar-refractivity contribution is 7.08. The molecular weight excluding hydrogens is 310 g/mol. The van der Waals surface area contributed by atoms with Crippen LogP contribution in [-0.4, -0.2) is 52.8 Å². The SMILES string of the molecule is CC(=O)N1CCN(C(=O)c2ccc(-c3ccsc3)nc2C)CC1. The second-order valence-electron chi connectivity index (χ2n) is 5.64. The third-order valence-corrected chi connectivity index (χ3v) is 4.83. The average Bonchev–Trinajstić information content (AvgIpc) is 3.08. The van der Waals surface area contributed by atoms with Crippen LogP contribution in [0.3, 0.4) is 0 Å². The molecule has 6 heteroatoms. The van der Waals surface area contributed by atoms with Crippen LogP contribution < -0.4 is 0 Å². The maximum absolute atomic E-state index is 12.7. The van der Waals surface area contributed by atoms with Crippen LogP contribution in [0.2, 0.25) is 0 Å². The molecule has 1 fully saturated rings. The number of nitrogens with zero attached hydrogens (tertiary/aromatic N) is 3. The zero-order valence-electron chi connectivity index (χ0n) is 13.3. The lowest BCUT2D eigenvalue weighted by atomic mass is 10.1. The van der Waals surface area contributed by atoms with Crippen LogP contribution in [0.4, 0.5) is 0 Å².